The van der Waals surface area contributed by atoms with Gasteiger partial charge in [0.2, 0.25) is 0 Å². The Morgan fingerprint density at radius 1 is 1.26 bits per heavy atom. The van der Waals surface area contributed by atoms with Crippen molar-refractivity contribution in [1.29, 1.82) is 0 Å². The van der Waals surface area contributed by atoms with E-state index in [0.717, 1.165) is 25.1 Å². The van der Waals surface area contributed by atoms with Crippen molar-refractivity contribution in [3.8, 4) is 0 Å². The van der Waals surface area contributed by atoms with Crippen molar-refractivity contribution in [2.45, 2.75) is 51.2 Å². The fourth-order valence-electron chi connectivity index (χ4n) is 2.49. The molecule has 1 atom stereocenters. The number of hydrogen-bond acceptors (Lipinski definition) is 2. The van der Waals surface area contributed by atoms with Gasteiger partial charge in [0.05, 0.1) is 6.10 Å². The summed E-state index contributed by atoms with van der Waals surface area (Å²) in [4.78, 5) is 0. The summed E-state index contributed by atoms with van der Waals surface area (Å²) in [7, 11) is 0. The second-order valence-electron chi connectivity index (χ2n) is 6.19. The van der Waals surface area contributed by atoms with Crippen molar-refractivity contribution in [2.75, 3.05) is 13.2 Å². The molecule has 0 amide bonds. The van der Waals surface area contributed by atoms with Crippen LogP contribution in [-0.2, 0) is 4.74 Å². The van der Waals surface area contributed by atoms with E-state index in [0.29, 0.717) is 0 Å². The fraction of sp³-hybridized carbons (Fsp3) is 0.647. The summed E-state index contributed by atoms with van der Waals surface area (Å²) in [5, 5.41) is 3.60. The Balaban J connectivity index is 1.55. The zero-order valence-electron chi connectivity index (χ0n) is 11.9. The quantitative estimate of drug-likeness (QED) is 0.770. The molecule has 2 fully saturated rings. The van der Waals surface area contributed by atoms with E-state index in [9.17, 15) is 0 Å². The molecule has 1 N–H and O–H groups in total. The van der Waals surface area contributed by atoms with Crippen LogP contribution in [0, 0.1) is 12.8 Å². The Morgan fingerprint density at radius 3 is 2.79 bits per heavy atom. The average molecular weight is 259 g/mol. The Kier molecular flexibility index (Phi) is 4.19. The van der Waals surface area contributed by atoms with Gasteiger partial charge in [0, 0.05) is 19.2 Å². The van der Waals surface area contributed by atoms with Gasteiger partial charge in [-0.25, -0.2) is 0 Å². The molecule has 2 aliphatic carbocycles. The molecule has 0 saturated heterocycles. The summed E-state index contributed by atoms with van der Waals surface area (Å²) in [6.45, 7) is 4.02. The maximum Gasteiger partial charge on any atom is 0.0949 e. The molecule has 0 radical (unpaired) electrons. The molecule has 2 nitrogen and oxygen atoms in total. The van der Waals surface area contributed by atoms with E-state index in [1.165, 1.54) is 43.2 Å². The SMILES string of the molecule is Cc1cccc(C(CNC2CC2)OCCC2CC2)c1. The van der Waals surface area contributed by atoms with Crippen LogP contribution in [0.2, 0.25) is 0 Å². The summed E-state index contributed by atoms with van der Waals surface area (Å²) in [6.07, 6.45) is 6.97. The van der Waals surface area contributed by atoms with Crippen molar-refractivity contribution in [3.05, 3.63) is 35.4 Å². The number of aryl methyl sites for hydroxylation is 1. The van der Waals surface area contributed by atoms with Crippen molar-refractivity contribution in [1.82, 2.24) is 5.32 Å². The molecule has 1 unspecified atom stereocenters. The lowest BCUT2D eigenvalue weighted by Gasteiger charge is -2.19. The predicted molar refractivity (Wildman–Crippen MR) is 78.2 cm³/mol. The molecule has 19 heavy (non-hydrogen) atoms. The third kappa shape index (κ3) is 4.32. The van der Waals surface area contributed by atoms with E-state index >= 15 is 0 Å². The lowest BCUT2D eigenvalue weighted by Crippen LogP contribution is -2.25. The van der Waals surface area contributed by atoms with E-state index in [2.05, 4.69) is 36.5 Å². The van der Waals surface area contributed by atoms with Crippen LogP contribution in [0.3, 0.4) is 0 Å². The highest BCUT2D eigenvalue weighted by Crippen LogP contribution is 2.33. The zero-order chi connectivity index (χ0) is 13.1. The maximum atomic E-state index is 6.15. The lowest BCUT2D eigenvalue weighted by atomic mass is 10.1. The minimum atomic E-state index is 0.222. The molecule has 0 bridgehead atoms. The summed E-state index contributed by atoms with van der Waals surface area (Å²) in [5.74, 6) is 0.953. The Labute approximate surface area is 116 Å². The van der Waals surface area contributed by atoms with Crippen molar-refractivity contribution in [3.63, 3.8) is 0 Å². The number of nitrogens with one attached hydrogen (secondary N) is 1. The maximum absolute atomic E-state index is 6.15. The first-order valence-corrected chi connectivity index (χ1v) is 7.73. The van der Waals surface area contributed by atoms with E-state index in [1.54, 1.807) is 0 Å². The summed E-state index contributed by atoms with van der Waals surface area (Å²) in [6, 6.07) is 9.50. The minimum Gasteiger partial charge on any atom is -0.372 e. The molecule has 0 heterocycles. The first kappa shape index (κ1) is 13.1. The molecule has 2 saturated carbocycles. The minimum absolute atomic E-state index is 0.222. The highest BCUT2D eigenvalue weighted by molar-refractivity contribution is 5.24. The van der Waals surface area contributed by atoms with E-state index in [1.807, 2.05) is 0 Å². The van der Waals surface area contributed by atoms with Gasteiger partial charge in [0.1, 0.15) is 0 Å². The van der Waals surface area contributed by atoms with Gasteiger partial charge in [0.25, 0.3) is 0 Å². The Morgan fingerprint density at radius 2 is 2.11 bits per heavy atom. The molecule has 3 rings (SSSR count). The van der Waals surface area contributed by atoms with Gasteiger partial charge in [0.15, 0.2) is 0 Å². The fourth-order valence-corrected chi connectivity index (χ4v) is 2.49. The molecule has 0 aromatic heterocycles. The average Bonchev–Trinajstić information content (AvgIpc) is 3.26. The first-order valence-electron chi connectivity index (χ1n) is 7.73. The second kappa shape index (κ2) is 6.06. The predicted octanol–water partition coefficient (Wildman–Crippen LogP) is 3.60. The largest absolute Gasteiger partial charge is 0.372 e. The molecule has 104 valence electrons. The summed E-state index contributed by atoms with van der Waals surface area (Å²) < 4.78 is 6.15. The van der Waals surface area contributed by atoms with Gasteiger partial charge in [-0.2, -0.15) is 0 Å². The van der Waals surface area contributed by atoms with Gasteiger partial charge in [-0.15, -0.1) is 0 Å². The van der Waals surface area contributed by atoms with Crippen LogP contribution in [0.1, 0.15) is 49.3 Å². The van der Waals surface area contributed by atoms with Crippen LogP contribution in [-0.4, -0.2) is 19.2 Å². The molecular formula is C17H25NO. The molecule has 0 aliphatic heterocycles. The topological polar surface area (TPSA) is 21.3 Å². The monoisotopic (exact) mass is 259 g/mol. The van der Waals surface area contributed by atoms with Crippen LogP contribution in [0.5, 0.6) is 0 Å². The third-order valence-corrected chi connectivity index (χ3v) is 4.13. The van der Waals surface area contributed by atoms with Gasteiger partial charge in [-0.3, -0.25) is 0 Å². The summed E-state index contributed by atoms with van der Waals surface area (Å²) in [5.41, 5.74) is 2.64. The van der Waals surface area contributed by atoms with E-state index in [-0.39, 0.29) is 6.10 Å². The number of ether oxygens (including phenoxy) is 1. The van der Waals surface area contributed by atoms with E-state index in [4.69, 9.17) is 4.74 Å². The molecule has 0 spiro atoms. The van der Waals surface area contributed by atoms with Crippen molar-refractivity contribution < 1.29 is 4.74 Å². The van der Waals surface area contributed by atoms with Crippen molar-refractivity contribution >= 4 is 0 Å². The van der Waals surface area contributed by atoms with Gasteiger partial charge >= 0.3 is 0 Å². The summed E-state index contributed by atoms with van der Waals surface area (Å²) >= 11 is 0. The lowest BCUT2D eigenvalue weighted by molar-refractivity contribution is 0.0483. The van der Waals surface area contributed by atoms with Gasteiger partial charge in [-0.05, 0) is 37.7 Å². The van der Waals surface area contributed by atoms with Crippen LogP contribution in [0.15, 0.2) is 24.3 Å². The van der Waals surface area contributed by atoms with Crippen LogP contribution >= 0.6 is 0 Å². The number of benzene rings is 1. The van der Waals surface area contributed by atoms with Crippen LogP contribution < -0.4 is 5.32 Å². The van der Waals surface area contributed by atoms with Gasteiger partial charge in [-0.1, -0.05) is 42.7 Å². The zero-order valence-corrected chi connectivity index (χ0v) is 11.9. The highest BCUT2D eigenvalue weighted by atomic mass is 16.5. The standard InChI is InChI=1S/C17H25NO/c1-13-3-2-4-15(11-13)17(12-18-16-7-8-16)19-10-9-14-5-6-14/h2-4,11,14,16-18H,5-10,12H2,1H3. The van der Waals surface area contributed by atoms with Gasteiger partial charge < -0.3 is 10.1 Å². The normalized spacial score (nSPS) is 20.5. The number of rotatable bonds is 8. The Hall–Kier alpha value is -0.860. The smallest absolute Gasteiger partial charge is 0.0949 e. The second-order valence-corrected chi connectivity index (χ2v) is 6.19. The third-order valence-electron chi connectivity index (χ3n) is 4.13. The highest BCUT2D eigenvalue weighted by Gasteiger charge is 2.24. The molecule has 2 heteroatoms. The van der Waals surface area contributed by atoms with E-state index < -0.39 is 0 Å². The van der Waals surface area contributed by atoms with Crippen LogP contribution in [0.25, 0.3) is 0 Å². The molecule has 2 aliphatic rings. The number of hydrogen-bond donors (Lipinski definition) is 1. The van der Waals surface area contributed by atoms with Crippen LogP contribution in [0.4, 0.5) is 0 Å². The first-order chi connectivity index (χ1) is 9.31. The molecular weight excluding hydrogens is 234 g/mol. The molecule has 1 aromatic rings. The Bertz CT molecular complexity index is 409. The molecule has 1 aromatic carbocycles. The van der Waals surface area contributed by atoms with Crippen molar-refractivity contribution in [2.24, 2.45) is 5.92 Å².